The lowest BCUT2D eigenvalue weighted by Gasteiger charge is -2.44. The first kappa shape index (κ1) is 22.0. The minimum atomic E-state index is -0.682. The predicted octanol–water partition coefficient (Wildman–Crippen LogP) is 3.35. The fraction of sp³-hybridized carbons (Fsp3) is 0.462. The molecule has 6 nitrogen and oxygen atoms in total. The molecule has 32 heavy (non-hydrogen) atoms. The van der Waals surface area contributed by atoms with Gasteiger partial charge in [-0.25, -0.2) is 4.98 Å². The van der Waals surface area contributed by atoms with Crippen molar-refractivity contribution >= 4 is 17.5 Å². The quantitative estimate of drug-likeness (QED) is 0.540. The second-order valence-corrected chi connectivity index (χ2v) is 9.30. The number of ketones is 2. The average molecular weight is 432 g/mol. The van der Waals surface area contributed by atoms with Gasteiger partial charge in [-0.05, 0) is 67.9 Å². The molecule has 1 aromatic carbocycles. The number of aryl methyl sites for hydroxylation is 3. The number of carbonyl (C=O) groups excluding carboxylic acids is 3. The van der Waals surface area contributed by atoms with Crippen LogP contribution in [0.1, 0.15) is 71.3 Å². The molecule has 4 rings (SSSR count). The molecule has 2 fully saturated rings. The van der Waals surface area contributed by atoms with Crippen LogP contribution < -0.4 is 0 Å². The summed E-state index contributed by atoms with van der Waals surface area (Å²) in [5.74, 6) is 5.24. The number of aromatic nitrogens is 2. The van der Waals surface area contributed by atoms with Crippen molar-refractivity contribution in [2.24, 2.45) is 12.5 Å². The molecule has 0 N–H and O–H groups in total. The number of imidazole rings is 1. The molecule has 0 atom stereocenters. The third kappa shape index (κ3) is 3.88. The number of rotatable bonds is 2. The van der Waals surface area contributed by atoms with E-state index >= 15 is 0 Å². The Kier molecular flexibility index (Phi) is 5.77. The van der Waals surface area contributed by atoms with Crippen LogP contribution in [-0.2, 0) is 16.6 Å². The van der Waals surface area contributed by atoms with E-state index < -0.39 is 5.92 Å². The number of hydrogen-bond acceptors (Lipinski definition) is 4. The summed E-state index contributed by atoms with van der Waals surface area (Å²) in [5, 5.41) is 0. The summed E-state index contributed by atoms with van der Waals surface area (Å²) in [7, 11) is 1.80. The summed E-state index contributed by atoms with van der Waals surface area (Å²) in [6, 6.07) is 3.93. The number of hydrogen-bond donors (Lipinski definition) is 0. The van der Waals surface area contributed by atoms with Gasteiger partial charge >= 0.3 is 0 Å². The first-order valence-corrected chi connectivity index (χ1v) is 11.1. The maximum Gasteiger partial charge on any atom is 0.272 e. The lowest BCUT2D eigenvalue weighted by atomic mass is 9.62. The molecule has 1 spiro atoms. The summed E-state index contributed by atoms with van der Waals surface area (Å²) in [5.41, 5.74) is 3.87. The molecule has 1 saturated heterocycles. The van der Waals surface area contributed by atoms with E-state index in [9.17, 15) is 14.4 Å². The van der Waals surface area contributed by atoms with Gasteiger partial charge in [-0.1, -0.05) is 5.92 Å². The lowest BCUT2D eigenvalue weighted by molar-refractivity contribution is -0.138. The fourth-order valence-corrected chi connectivity index (χ4v) is 5.42. The van der Waals surface area contributed by atoms with E-state index in [1.165, 1.54) is 0 Å². The third-order valence-corrected chi connectivity index (χ3v) is 7.04. The molecule has 0 bridgehead atoms. The van der Waals surface area contributed by atoms with Crippen LogP contribution in [-0.4, -0.2) is 45.0 Å². The van der Waals surface area contributed by atoms with Crippen molar-refractivity contribution in [3.8, 4) is 11.8 Å². The molecule has 6 heteroatoms. The molecule has 0 radical (unpaired) electrons. The van der Waals surface area contributed by atoms with Gasteiger partial charge in [0.2, 0.25) is 0 Å². The van der Waals surface area contributed by atoms with Crippen molar-refractivity contribution in [3.63, 3.8) is 0 Å². The van der Waals surface area contributed by atoms with Gasteiger partial charge in [-0.3, -0.25) is 14.4 Å². The molecular formula is C26H29N3O3. The Morgan fingerprint density at radius 2 is 1.69 bits per heavy atom. The van der Waals surface area contributed by atoms with Crippen LogP contribution in [0.5, 0.6) is 0 Å². The minimum absolute atomic E-state index is 0.00758. The first-order chi connectivity index (χ1) is 15.2. The number of nitrogens with zero attached hydrogens (tertiary/aromatic N) is 3. The van der Waals surface area contributed by atoms with E-state index in [4.69, 9.17) is 0 Å². The van der Waals surface area contributed by atoms with Gasteiger partial charge in [0.25, 0.3) is 5.91 Å². The lowest BCUT2D eigenvalue weighted by Crippen LogP contribution is -2.48. The zero-order chi connectivity index (χ0) is 23.0. The Morgan fingerprint density at radius 3 is 2.19 bits per heavy atom. The number of carbonyl (C=O) groups is 3. The second-order valence-electron chi connectivity index (χ2n) is 9.30. The van der Waals surface area contributed by atoms with Crippen molar-refractivity contribution in [2.75, 3.05) is 13.1 Å². The Morgan fingerprint density at radius 1 is 1.09 bits per heavy atom. The van der Waals surface area contributed by atoms with E-state index in [1.807, 2.05) is 30.9 Å². The summed E-state index contributed by atoms with van der Waals surface area (Å²) < 4.78 is 1.72. The van der Waals surface area contributed by atoms with Gasteiger partial charge in [-0.2, -0.15) is 0 Å². The Bertz CT molecular complexity index is 1110. The molecule has 0 unspecified atom stereocenters. The molecule has 2 heterocycles. The van der Waals surface area contributed by atoms with Gasteiger partial charge in [-0.15, -0.1) is 5.92 Å². The van der Waals surface area contributed by atoms with E-state index in [0.29, 0.717) is 44.5 Å². The van der Waals surface area contributed by atoms with Crippen LogP contribution in [0, 0.1) is 31.1 Å². The van der Waals surface area contributed by atoms with Gasteiger partial charge in [0, 0.05) is 38.5 Å². The minimum Gasteiger partial charge on any atom is -0.337 e. The average Bonchev–Trinajstić information content (AvgIpc) is 3.15. The summed E-state index contributed by atoms with van der Waals surface area (Å²) >= 11 is 0. The van der Waals surface area contributed by atoms with E-state index in [1.54, 1.807) is 31.1 Å². The number of piperidine rings is 1. The first-order valence-electron chi connectivity index (χ1n) is 11.1. The van der Waals surface area contributed by atoms with Crippen molar-refractivity contribution in [1.29, 1.82) is 0 Å². The topological polar surface area (TPSA) is 72.3 Å². The number of amides is 1. The molecule has 1 aliphatic heterocycles. The van der Waals surface area contributed by atoms with Crippen LogP contribution in [0.25, 0.3) is 0 Å². The predicted molar refractivity (Wildman–Crippen MR) is 121 cm³/mol. The smallest absolute Gasteiger partial charge is 0.272 e. The largest absolute Gasteiger partial charge is 0.337 e. The molecule has 1 aromatic heterocycles. The maximum absolute atomic E-state index is 13.3. The van der Waals surface area contributed by atoms with E-state index in [-0.39, 0.29) is 22.9 Å². The molecule has 2 aliphatic rings. The van der Waals surface area contributed by atoms with E-state index in [0.717, 1.165) is 22.3 Å². The summed E-state index contributed by atoms with van der Waals surface area (Å²) in [6.07, 6.45) is 5.32. The Balaban J connectivity index is 1.50. The van der Waals surface area contributed by atoms with Crippen LogP contribution in [0.2, 0.25) is 0 Å². The van der Waals surface area contributed by atoms with Gasteiger partial charge in [0.05, 0.1) is 12.5 Å². The Labute approximate surface area is 189 Å². The van der Waals surface area contributed by atoms with Gasteiger partial charge in [0.1, 0.15) is 23.2 Å². The SMILES string of the molecule is CC#Cc1cc(C)c(C2C(=O)CC3(CCN(C(=O)c4cncn4C)CC3)CC2=O)c(C)c1. The van der Waals surface area contributed by atoms with E-state index in [2.05, 4.69) is 16.8 Å². The zero-order valence-corrected chi connectivity index (χ0v) is 19.2. The van der Waals surface area contributed by atoms with Crippen molar-refractivity contribution in [1.82, 2.24) is 14.5 Å². The second kappa shape index (κ2) is 8.38. The summed E-state index contributed by atoms with van der Waals surface area (Å²) in [4.78, 5) is 45.2. The monoisotopic (exact) mass is 431 g/mol. The van der Waals surface area contributed by atoms with Gasteiger partial charge < -0.3 is 9.47 Å². The molecule has 166 valence electrons. The molecule has 2 aromatic rings. The molecular weight excluding hydrogens is 402 g/mol. The van der Waals surface area contributed by atoms with Gasteiger partial charge in [0.15, 0.2) is 0 Å². The molecule has 1 amide bonds. The van der Waals surface area contributed by atoms with Crippen LogP contribution in [0.4, 0.5) is 0 Å². The van der Waals surface area contributed by atoms with Crippen LogP contribution in [0.3, 0.4) is 0 Å². The number of benzene rings is 1. The molecule has 1 saturated carbocycles. The van der Waals surface area contributed by atoms with Crippen molar-refractivity contribution in [3.05, 3.63) is 52.6 Å². The maximum atomic E-state index is 13.3. The highest BCUT2D eigenvalue weighted by molar-refractivity contribution is 6.10. The normalized spacial score (nSPS) is 18.6. The zero-order valence-electron chi connectivity index (χ0n) is 19.2. The summed E-state index contributed by atoms with van der Waals surface area (Å²) in [6.45, 7) is 6.81. The molecule has 1 aliphatic carbocycles. The Hall–Kier alpha value is -3.20. The van der Waals surface area contributed by atoms with Crippen LogP contribution >= 0.6 is 0 Å². The highest BCUT2D eigenvalue weighted by Gasteiger charge is 2.48. The third-order valence-electron chi connectivity index (χ3n) is 7.04. The number of Topliss-reactive ketones (excluding diaryl/α,β-unsaturated/α-hetero) is 2. The number of likely N-dealkylation sites (tertiary alicyclic amines) is 1. The fourth-order valence-electron chi connectivity index (χ4n) is 5.42. The standard InChI is InChI=1S/C26H29N3O3/c1-5-6-19-11-17(2)23(18(3)12-19)24-21(30)13-26(14-22(24)31)7-9-29(10-8-26)25(32)20-15-27-16-28(20)4/h11-12,15-16,24H,7-10,13-14H2,1-4H3. The van der Waals surface area contributed by atoms with Crippen LogP contribution in [0.15, 0.2) is 24.7 Å². The highest BCUT2D eigenvalue weighted by Crippen LogP contribution is 2.46. The highest BCUT2D eigenvalue weighted by atomic mass is 16.2. The van der Waals surface area contributed by atoms with Crippen molar-refractivity contribution < 1.29 is 14.4 Å². The van der Waals surface area contributed by atoms with Crippen molar-refractivity contribution in [2.45, 2.75) is 52.4 Å².